The summed E-state index contributed by atoms with van der Waals surface area (Å²) in [4.78, 5) is 3.98. The molecule has 0 aromatic carbocycles. The number of sulfonamides is 1. The largest absolute Gasteiger partial charge is 0.375 e. The van der Waals surface area contributed by atoms with E-state index < -0.39 is 10.0 Å². The van der Waals surface area contributed by atoms with Gasteiger partial charge in [-0.15, -0.1) is 0 Å². The Hall–Kier alpha value is -1.22. The smallest absolute Gasteiger partial charge is 0.263 e. The number of anilines is 1. The van der Waals surface area contributed by atoms with Crippen LogP contribution in [0.4, 0.5) is 5.69 Å². The number of ether oxygens (including phenoxy) is 1. The van der Waals surface area contributed by atoms with E-state index >= 15 is 0 Å². The lowest BCUT2D eigenvalue weighted by Gasteiger charge is -2.37. The quantitative estimate of drug-likeness (QED) is 0.623. The van der Waals surface area contributed by atoms with Crippen LogP contribution in [-0.2, 0) is 14.8 Å². The lowest BCUT2D eigenvalue weighted by molar-refractivity contribution is -0.0231. The molecule has 1 aromatic rings. The highest BCUT2D eigenvalue weighted by atomic mass is 32.2. The topological polar surface area (TPSA) is 97.5 Å². The Morgan fingerprint density at radius 3 is 3.00 bits per heavy atom. The van der Waals surface area contributed by atoms with Crippen molar-refractivity contribution in [2.45, 2.75) is 37.4 Å². The molecule has 1 aromatic heterocycles. The number of pyridine rings is 1. The number of nitrogens with one attached hydrogen (secondary N) is 1. The van der Waals surface area contributed by atoms with Gasteiger partial charge in [0.1, 0.15) is 0 Å². The first kappa shape index (κ1) is 15.2. The SMILES string of the molecule is CCC1COC(C)CN1S(=O)(=O)c1ncccc1NN. The Morgan fingerprint density at radius 2 is 2.35 bits per heavy atom. The molecule has 3 N–H and O–H groups in total. The zero-order chi connectivity index (χ0) is 14.8. The number of aromatic nitrogens is 1. The first-order valence-electron chi connectivity index (χ1n) is 6.55. The van der Waals surface area contributed by atoms with Gasteiger partial charge in [0.2, 0.25) is 0 Å². The molecule has 7 nitrogen and oxygen atoms in total. The van der Waals surface area contributed by atoms with Gasteiger partial charge in [-0.3, -0.25) is 5.84 Å². The minimum Gasteiger partial charge on any atom is -0.375 e. The second-order valence-electron chi connectivity index (χ2n) is 4.78. The monoisotopic (exact) mass is 300 g/mol. The van der Waals surface area contributed by atoms with Crippen molar-refractivity contribution in [3.05, 3.63) is 18.3 Å². The second kappa shape index (κ2) is 6.04. The van der Waals surface area contributed by atoms with Gasteiger partial charge in [-0.25, -0.2) is 13.4 Å². The van der Waals surface area contributed by atoms with Gasteiger partial charge in [0.25, 0.3) is 10.0 Å². The van der Waals surface area contributed by atoms with Crippen molar-refractivity contribution in [2.75, 3.05) is 18.6 Å². The summed E-state index contributed by atoms with van der Waals surface area (Å²) in [6, 6.07) is 3.04. The molecule has 0 amide bonds. The van der Waals surface area contributed by atoms with Crippen molar-refractivity contribution in [3.8, 4) is 0 Å². The van der Waals surface area contributed by atoms with Crippen molar-refractivity contribution in [2.24, 2.45) is 5.84 Å². The number of nitrogens with two attached hydrogens (primary N) is 1. The van der Waals surface area contributed by atoms with E-state index in [0.29, 0.717) is 25.3 Å². The Bertz CT molecular complexity index is 564. The van der Waals surface area contributed by atoms with Crippen molar-refractivity contribution < 1.29 is 13.2 Å². The van der Waals surface area contributed by atoms with E-state index in [9.17, 15) is 8.42 Å². The molecule has 0 radical (unpaired) electrons. The molecule has 0 spiro atoms. The molecule has 1 aliphatic rings. The van der Waals surface area contributed by atoms with Crippen LogP contribution in [0.2, 0.25) is 0 Å². The highest BCUT2D eigenvalue weighted by molar-refractivity contribution is 7.89. The highest BCUT2D eigenvalue weighted by Gasteiger charge is 2.37. The Morgan fingerprint density at radius 1 is 1.60 bits per heavy atom. The molecule has 2 atom stereocenters. The van der Waals surface area contributed by atoms with E-state index in [1.807, 2.05) is 13.8 Å². The summed E-state index contributed by atoms with van der Waals surface area (Å²) in [6.45, 7) is 4.51. The average Bonchev–Trinajstić information content (AvgIpc) is 2.47. The Kier molecular flexibility index (Phi) is 4.59. The van der Waals surface area contributed by atoms with Gasteiger partial charge in [0, 0.05) is 18.8 Å². The predicted octanol–water partition coefficient (Wildman–Crippen LogP) is 0.555. The van der Waals surface area contributed by atoms with Gasteiger partial charge < -0.3 is 10.2 Å². The Balaban J connectivity index is 2.42. The van der Waals surface area contributed by atoms with Gasteiger partial charge in [0.15, 0.2) is 5.03 Å². The van der Waals surface area contributed by atoms with Crippen molar-refractivity contribution in [3.63, 3.8) is 0 Å². The molecular formula is C12H20N4O3S. The third-order valence-corrected chi connectivity index (χ3v) is 5.25. The standard InChI is InChI=1S/C12H20N4O3S/c1-3-10-8-19-9(2)7-16(10)20(17,18)12-11(15-13)5-4-6-14-12/h4-6,9-10,15H,3,7-8,13H2,1-2H3. The summed E-state index contributed by atoms with van der Waals surface area (Å²) in [5, 5.41) is -0.0462. The fraction of sp³-hybridized carbons (Fsp3) is 0.583. The molecule has 20 heavy (non-hydrogen) atoms. The van der Waals surface area contributed by atoms with Crippen molar-refractivity contribution in [1.29, 1.82) is 0 Å². The van der Waals surface area contributed by atoms with E-state index in [-0.39, 0.29) is 17.2 Å². The first-order chi connectivity index (χ1) is 9.50. The van der Waals surface area contributed by atoms with Crippen LogP contribution in [0, 0.1) is 0 Å². The number of nitrogen functional groups attached to an aromatic ring is 1. The molecule has 112 valence electrons. The maximum atomic E-state index is 12.8. The third-order valence-electron chi connectivity index (χ3n) is 3.37. The zero-order valence-electron chi connectivity index (χ0n) is 11.6. The van der Waals surface area contributed by atoms with E-state index in [4.69, 9.17) is 10.6 Å². The number of nitrogens with zero attached hydrogens (tertiary/aromatic N) is 2. The van der Waals surface area contributed by atoms with Crippen molar-refractivity contribution in [1.82, 2.24) is 9.29 Å². The van der Waals surface area contributed by atoms with Gasteiger partial charge in [-0.1, -0.05) is 6.92 Å². The van der Waals surface area contributed by atoms with Crippen LogP contribution >= 0.6 is 0 Å². The maximum absolute atomic E-state index is 12.8. The lowest BCUT2D eigenvalue weighted by atomic mass is 10.2. The second-order valence-corrected chi connectivity index (χ2v) is 6.59. The van der Waals surface area contributed by atoms with Crippen LogP contribution in [0.1, 0.15) is 20.3 Å². The van der Waals surface area contributed by atoms with Crippen LogP contribution < -0.4 is 11.3 Å². The predicted molar refractivity (Wildman–Crippen MR) is 75.4 cm³/mol. The molecule has 2 heterocycles. The zero-order valence-corrected chi connectivity index (χ0v) is 12.4. The number of hydrogen-bond acceptors (Lipinski definition) is 6. The molecule has 2 unspecified atom stereocenters. The molecule has 1 saturated heterocycles. The van der Waals surface area contributed by atoms with E-state index in [0.717, 1.165) is 0 Å². The summed E-state index contributed by atoms with van der Waals surface area (Å²) < 4.78 is 32.6. The van der Waals surface area contributed by atoms with Crippen molar-refractivity contribution >= 4 is 15.7 Å². The lowest BCUT2D eigenvalue weighted by Crippen LogP contribution is -2.51. The molecule has 0 saturated carbocycles. The molecule has 8 heteroatoms. The minimum atomic E-state index is -3.70. The Labute approximate surface area is 119 Å². The summed E-state index contributed by atoms with van der Waals surface area (Å²) >= 11 is 0. The van der Waals surface area contributed by atoms with Crippen LogP contribution in [0.25, 0.3) is 0 Å². The van der Waals surface area contributed by atoms with E-state index in [2.05, 4.69) is 10.4 Å². The van der Waals surface area contributed by atoms with Crippen LogP contribution in [0.5, 0.6) is 0 Å². The molecule has 0 aliphatic carbocycles. The summed E-state index contributed by atoms with van der Waals surface area (Å²) in [6.07, 6.45) is 1.99. The normalized spacial score (nSPS) is 24.6. The third kappa shape index (κ3) is 2.78. The minimum absolute atomic E-state index is 0.0462. The highest BCUT2D eigenvalue weighted by Crippen LogP contribution is 2.26. The maximum Gasteiger partial charge on any atom is 0.263 e. The first-order valence-corrected chi connectivity index (χ1v) is 7.99. The molecule has 0 bridgehead atoms. The number of rotatable bonds is 4. The summed E-state index contributed by atoms with van der Waals surface area (Å²) in [7, 11) is -3.70. The number of hydrazine groups is 1. The average molecular weight is 300 g/mol. The van der Waals surface area contributed by atoms with Gasteiger partial charge in [-0.2, -0.15) is 4.31 Å². The van der Waals surface area contributed by atoms with Gasteiger partial charge in [-0.05, 0) is 25.5 Å². The van der Waals surface area contributed by atoms with Crippen LogP contribution in [-0.4, -0.2) is 43.0 Å². The molecule has 2 rings (SSSR count). The van der Waals surface area contributed by atoms with Crippen LogP contribution in [0.3, 0.4) is 0 Å². The fourth-order valence-corrected chi connectivity index (χ4v) is 4.08. The summed E-state index contributed by atoms with van der Waals surface area (Å²) in [5.41, 5.74) is 2.68. The fourth-order valence-electron chi connectivity index (χ4n) is 2.25. The van der Waals surface area contributed by atoms with E-state index in [1.165, 1.54) is 10.5 Å². The van der Waals surface area contributed by atoms with E-state index in [1.54, 1.807) is 12.1 Å². The van der Waals surface area contributed by atoms with Crippen LogP contribution in [0.15, 0.2) is 23.4 Å². The summed E-state index contributed by atoms with van der Waals surface area (Å²) in [5.74, 6) is 5.37. The molecular weight excluding hydrogens is 280 g/mol. The van der Waals surface area contributed by atoms with Gasteiger partial charge in [0.05, 0.1) is 18.4 Å². The molecule has 1 fully saturated rings. The van der Waals surface area contributed by atoms with Gasteiger partial charge >= 0.3 is 0 Å². The number of morpholine rings is 1. The molecule has 1 aliphatic heterocycles. The number of hydrogen-bond donors (Lipinski definition) is 2.